The summed E-state index contributed by atoms with van der Waals surface area (Å²) < 4.78 is 2.03. The molecule has 0 radical (unpaired) electrons. The number of nitrogens with zero attached hydrogens (tertiary/aromatic N) is 4. The third kappa shape index (κ3) is 2.17. The average molecular weight is 235 g/mol. The number of hydrogen-bond acceptors (Lipinski definition) is 4. The molecule has 0 unspecified atom stereocenters. The lowest BCUT2D eigenvalue weighted by molar-refractivity contribution is 0.0405. The van der Waals surface area contributed by atoms with Gasteiger partial charge in [0.2, 0.25) is 0 Å². The van der Waals surface area contributed by atoms with Crippen LogP contribution in [0, 0.1) is 0 Å². The quantitative estimate of drug-likeness (QED) is 0.807. The van der Waals surface area contributed by atoms with E-state index < -0.39 is 0 Å². The topological polar surface area (TPSA) is 50.3 Å². The first kappa shape index (κ1) is 11.0. The van der Waals surface area contributed by atoms with E-state index in [2.05, 4.69) is 21.9 Å². The van der Waals surface area contributed by atoms with Gasteiger partial charge in [-0.05, 0) is 19.9 Å². The molecule has 94 valence electrons. The van der Waals surface area contributed by atoms with Crippen LogP contribution in [0.1, 0.15) is 18.9 Å². The first-order valence-corrected chi connectivity index (χ1v) is 6.44. The molecule has 5 nitrogen and oxygen atoms in total. The zero-order valence-corrected chi connectivity index (χ0v) is 10.4. The van der Waals surface area contributed by atoms with Gasteiger partial charge in [-0.2, -0.15) is 5.10 Å². The van der Waals surface area contributed by atoms with Crippen LogP contribution in [0.25, 0.3) is 0 Å². The van der Waals surface area contributed by atoms with Gasteiger partial charge in [0.1, 0.15) is 0 Å². The van der Waals surface area contributed by atoms with E-state index in [1.54, 1.807) is 6.20 Å². The summed E-state index contributed by atoms with van der Waals surface area (Å²) >= 11 is 0. The number of rotatable bonds is 2. The van der Waals surface area contributed by atoms with Crippen molar-refractivity contribution in [3.63, 3.8) is 0 Å². The monoisotopic (exact) mass is 235 g/mol. The van der Waals surface area contributed by atoms with Gasteiger partial charge >= 0.3 is 0 Å². The van der Waals surface area contributed by atoms with E-state index in [-0.39, 0.29) is 0 Å². The second kappa shape index (κ2) is 4.31. The summed E-state index contributed by atoms with van der Waals surface area (Å²) in [5, 5.41) is 4.29. The highest BCUT2D eigenvalue weighted by Gasteiger charge is 2.35. The summed E-state index contributed by atoms with van der Waals surface area (Å²) in [5.74, 6) is 0. The Bertz CT molecular complexity index is 374. The van der Waals surface area contributed by atoms with E-state index in [4.69, 9.17) is 5.73 Å². The Kier molecular flexibility index (Phi) is 2.80. The van der Waals surface area contributed by atoms with Crippen LogP contribution in [0.2, 0.25) is 0 Å². The van der Waals surface area contributed by atoms with Crippen LogP contribution >= 0.6 is 0 Å². The molecule has 0 atom stereocenters. The molecule has 2 fully saturated rings. The molecule has 1 aliphatic carbocycles. The molecule has 0 amide bonds. The Morgan fingerprint density at radius 1 is 1.18 bits per heavy atom. The van der Waals surface area contributed by atoms with Gasteiger partial charge < -0.3 is 10.6 Å². The van der Waals surface area contributed by atoms with Crippen molar-refractivity contribution in [2.45, 2.75) is 24.9 Å². The zero-order valence-electron chi connectivity index (χ0n) is 10.4. The number of anilines is 1. The molecule has 17 heavy (non-hydrogen) atoms. The summed E-state index contributed by atoms with van der Waals surface area (Å²) in [5.41, 5.74) is 6.46. The molecular formula is C12H21N5. The van der Waals surface area contributed by atoms with Crippen LogP contribution in [-0.4, -0.2) is 58.8 Å². The van der Waals surface area contributed by atoms with E-state index in [0.717, 1.165) is 11.7 Å². The van der Waals surface area contributed by atoms with Gasteiger partial charge in [-0.25, -0.2) is 0 Å². The molecule has 5 heteroatoms. The maximum Gasteiger partial charge on any atom is 0.0719 e. The summed E-state index contributed by atoms with van der Waals surface area (Å²) in [6, 6.07) is 1.33. The number of piperazine rings is 1. The first-order valence-electron chi connectivity index (χ1n) is 6.44. The minimum Gasteiger partial charge on any atom is -0.396 e. The Balaban J connectivity index is 1.51. The number of nitrogens with two attached hydrogens (primary N) is 1. The highest BCUT2D eigenvalue weighted by Crippen LogP contribution is 2.35. The molecule has 0 bridgehead atoms. The molecule has 2 heterocycles. The molecule has 2 aliphatic rings. The highest BCUT2D eigenvalue weighted by molar-refractivity contribution is 5.30. The van der Waals surface area contributed by atoms with Crippen molar-refractivity contribution in [2.75, 3.05) is 39.0 Å². The average Bonchev–Trinajstić information content (AvgIpc) is 2.66. The van der Waals surface area contributed by atoms with E-state index in [1.807, 2.05) is 10.9 Å². The van der Waals surface area contributed by atoms with Gasteiger partial charge in [0.25, 0.3) is 0 Å². The fourth-order valence-corrected chi connectivity index (χ4v) is 2.81. The molecule has 1 aromatic rings. The van der Waals surface area contributed by atoms with Crippen molar-refractivity contribution in [1.82, 2.24) is 19.6 Å². The molecule has 1 saturated carbocycles. The second-order valence-corrected chi connectivity index (χ2v) is 5.37. The highest BCUT2D eigenvalue weighted by atomic mass is 15.3. The lowest BCUT2D eigenvalue weighted by Gasteiger charge is -2.45. The molecule has 1 saturated heterocycles. The van der Waals surface area contributed by atoms with Crippen molar-refractivity contribution >= 4 is 5.69 Å². The van der Waals surface area contributed by atoms with Crippen LogP contribution in [0.3, 0.4) is 0 Å². The minimum atomic E-state index is 0.567. The van der Waals surface area contributed by atoms with Crippen molar-refractivity contribution in [3.8, 4) is 0 Å². The van der Waals surface area contributed by atoms with Crippen molar-refractivity contribution in [3.05, 3.63) is 12.4 Å². The Hall–Kier alpha value is -1.07. The van der Waals surface area contributed by atoms with Crippen molar-refractivity contribution in [2.24, 2.45) is 0 Å². The van der Waals surface area contributed by atoms with Gasteiger partial charge in [0.15, 0.2) is 0 Å². The van der Waals surface area contributed by atoms with Crippen LogP contribution in [-0.2, 0) is 0 Å². The normalized spacial score (nSPS) is 31.4. The third-order valence-electron chi connectivity index (χ3n) is 4.14. The molecule has 1 aromatic heterocycles. The van der Waals surface area contributed by atoms with E-state index >= 15 is 0 Å². The Morgan fingerprint density at radius 2 is 1.88 bits per heavy atom. The molecule has 0 aromatic carbocycles. The van der Waals surface area contributed by atoms with Crippen LogP contribution < -0.4 is 5.73 Å². The van der Waals surface area contributed by atoms with Crippen LogP contribution in [0.15, 0.2) is 12.4 Å². The van der Waals surface area contributed by atoms with Crippen molar-refractivity contribution < 1.29 is 0 Å². The second-order valence-electron chi connectivity index (χ2n) is 5.37. The molecule has 1 aliphatic heterocycles. The van der Waals surface area contributed by atoms with Gasteiger partial charge in [0.05, 0.1) is 17.9 Å². The summed E-state index contributed by atoms with van der Waals surface area (Å²) in [4.78, 5) is 5.03. The maximum atomic E-state index is 5.69. The van der Waals surface area contributed by atoms with Gasteiger partial charge in [-0.3, -0.25) is 9.58 Å². The maximum absolute atomic E-state index is 5.69. The molecule has 2 N–H and O–H groups in total. The number of nitrogen functional groups attached to an aromatic ring is 1. The predicted molar refractivity (Wildman–Crippen MR) is 67.8 cm³/mol. The van der Waals surface area contributed by atoms with Gasteiger partial charge in [-0.1, -0.05) is 0 Å². The van der Waals surface area contributed by atoms with Crippen molar-refractivity contribution in [1.29, 1.82) is 0 Å². The van der Waals surface area contributed by atoms with Crippen LogP contribution in [0.5, 0.6) is 0 Å². The molecule has 0 spiro atoms. The van der Waals surface area contributed by atoms with E-state index in [0.29, 0.717) is 6.04 Å². The largest absolute Gasteiger partial charge is 0.396 e. The minimum absolute atomic E-state index is 0.567. The lowest BCUT2D eigenvalue weighted by atomic mass is 9.85. The Labute approximate surface area is 102 Å². The lowest BCUT2D eigenvalue weighted by Crippen LogP contribution is -2.53. The predicted octanol–water partition coefficient (Wildman–Crippen LogP) is 0.416. The van der Waals surface area contributed by atoms with Gasteiger partial charge in [-0.15, -0.1) is 0 Å². The van der Waals surface area contributed by atoms with Gasteiger partial charge in [0, 0.05) is 38.4 Å². The summed E-state index contributed by atoms with van der Waals surface area (Å²) in [6.07, 6.45) is 6.14. The third-order valence-corrected chi connectivity index (χ3v) is 4.14. The smallest absolute Gasteiger partial charge is 0.0719 e. The number of likely N-dealkylation sites (N-methyl/N-ethyl adjacent to an activating group) is 1. The first-order chi connectivity index (χ1) is 8.22. The molecular weight excluding hydrogens is 214 g/mol. The zero-order chi connectivity index (χ0) is 11.8. The number of hydrogen-bond donors (Lipinski definition) is 1. The fourth-order valence-electron chi connectivity index (χ4n) is 2.81. The SMILES string of the molecule is CN1CCN(C2CC(n3cc(N)cn3)C2)CC1. The summed E-state index contributed by atoms with van der Waals surface area (Å²) in [6.45, 7) is 4.84. The fraction of sp³-hybridized carbons (Fsp3) is 0.750. The van der Waals surface area contributed by atoms with E-state index in [9.17, 15) is 0 Å². The van der Waals surface area contributed by atoms with Crippen LogP contribution in [0.4, 0.5) is 5.69 Å². The van der Waals surface area contributed by atoms with E-state index in [1.165, 1.54) is 39.0 Å². The number of aromatic nitrogens is 2. The molecule has 3 rings (SSSR count). The Morgan fingerprint density at radius 3 is 2.47 bits per heavy atom. The summed E-state index contributed by atoms with van der Waals surface area (Å²) in [7, 11) is 2.20. The standard InChI is InChI=1S/C12H21N5/c1-15-2-4-16(5-3-15)11-6-12(7-11)17-9-10(13)8-14-17/h8-9,11-12H,2-7,13H2,1H3.